The van der Waals surface area contributed by atoms with Gasteiger partial charge in [0.15, 0.2) is 0 Å². The molecule has 0 atom stereocenters. The van der Waals surface area contributed by atoms with Crippen molar-refractivity contribution in [2.45, 2.75) is 4.90 Å². The Morgan fingerprint density at radius 3 is 2.67 bits per heavy atom. The summed E-state index contributed by atoms with van der Waals surface area (Å²) in [5.74, 6) is -0.801. The minimum absolute atomic E-state index is 0.133. The molecule has 0 heterocycles. The molecule has 5 heteroatoms. The van der Waals surface area contributed by atoms with Gasteiger partial charge >= 0.3 is 0 Å². The number of thiol groups is 1. The zero-order chi connectivity index (χ0) is 13.1. The second kappa shape index (κ2) is 5.42. The van der Waals surface area contributed by atoms with Crippen molar-refractivity contribution in [3.63, 3.8) is 0 Å². The van der Waals surface area contributed by atoms with Crippen molar-refractivity contribution >= 4 is 35.8 Å². The van der Waals surface area contributed by atoms with Crippen molar-refractivity contribution in [1.82, 2.24) is 0 Å². The number of hydrogen-bond acceptors (Lipinski definition) is 2. The van der Waals surface area contributed by atoms with Crippen LogP contribution in [-0.2, 0) is 0 Å². The largest absolute Gasteiger partial charge is 0.322 e. The number of rotatable bonds is 2. The van der Waals surface area contributed by atoms with E-state index in [1.165, 1.54) is 18.2 Å². The van der Waals surface area contributed by atoms with Crippen LogP contribution in [0.4, 0.5) is 10.1 Å². The van der Waals surface area contributed by atoms with E-state index in [0.717, 1.165) is 0 Å². The highest BCUT2D eigenvalue weighted by Crippen LogP contribution is 2.18. The number of amides is 1. The van der Waals surface area contributed by atoms with Crippen LogP contribution in [0.1, 0.15) is 10.4 Å². The highest BCUT2D eigenvalue weighted by Gasteiger charge is 2.08. The second-order valence-electron chi connectivity index (χ2n) is 3.63. The van der Waals surface area contributed by atoms with Crippen molar-refractivity contribution in [3.8, 4) is 0 Å². The molecule has 0 saturated carbocycles. The summed E-state index contributed by atoms with van der Waals surface area (Å²) in [7, 11) is 0. The quantitative estimate of drug-likeness (QED) is 0.800. The third-order valence-corrected chi connectivity index (χ3v) is 2.87. The molecule has 2 aromatic carbocycles. The Labute approximate surface area is 114 Å². The molecule has 18 heavy (non-hydrogen) atoms. The van der Waals surface area contributed by atoms with Gasteiger partial charge in [-0.2, -0.15) is 0 Å². The lowest BCUT2D eigenvalue weighted by molar-refractivity contribution is 0.102. The van der Waals surface area contributed by atoms with Gasteiger partial charge in [-0.3, -0.25) is 4.79 Å². The summed E-state index contributed by atoms with van der Waals surface area (Å²) < 4.78 is 13.0. The Kier molecular flexibility index (Phi) is 3.89. The fraction of sp³-hybridized carbons (Fsp3) is 0. The average molecular weight is 282 g/mol. The molecular weight excluding hydrogens is 273 g/mol. The van der Waals surface area contributed by atoms with Gasteiger partial charge in [0.2, 0.25) is 0 Å². The molecule has 0 spiro atoms. The zero-order valence-electron chi connectivity index (χ0n) is 9.15. The Morgan fingerprint density at radius 1 is 1.22 bits per heavy atom. The van der Waals surface area contributed by atoms with Gasteiger partial charge in [0, 0.05) is 21.2 Å². The number of anilines is 1. The smallest absolute Gasteiger partial charge is 0.255 e. The lowest BCUT2D eigenvalue weighted by atomic mass is 10.2. The summed E-state index contributed by atoms with van der Waals surface area (Å²) in [5.41, 5.74) is 0.916. The summed E-state index contributed by atoms with van der Waals surface area (Å²) in [6.07, 6.45) is 0. The van der Waals surface area contributed by atoms with Gasteiger partial charge in [-0.25, -0.2) is 4.39 Å². The molecule has 0 fully saturated rings. The lowest BCUT2D eigenvalue weighted by Gasteiger charge is -2.06. The highest BCUT2D eigenvalue weighted by atomic mass is 35.5. The molecule has 2 rings (SSSR count). The fourth-order valence-corrected chi connectivity index (χ4v) is 1.83. The van der Waals surface area contributed by atoms with Gasteiger partial charge in [-0.15, -0.1) is 12.6 Å². The third-order valence-electron chi connectivity index (χ3n) is 2.29. The maximum absolute atomic E-state index is 13.0. The third kappa shape index (κ3) is 3.03. The molecule has 0 bridgehead atoms. The first-order chi connectivity index (χ1) is 8.56. The van der Waals surface area contributed by atoms with E-state index in [-0.39, 0.29) is 10.8 Å². The van der Waals surface area contributed by atoms with Crippen LogP contribution >= 0.6 is 24.2 Å². The van der Waals surface area contributed by atoms with Crippen LogP contribution in [0.3, 0.4) is 0 Å². The molecule has 0 aliphatic rings. The predicted octanol–water partition coefficient (Wildman–Crippen LogP) is 4.02. The number of hydrogen-bond donors (Lipinski definition) is 2. The van der Waals surface area contributed by atoms with Gasteiger partial charge in [0.05, 0.1) is 0 Å². The molecule has 2 nitrogen and oxygen atoms in total. The molecule has 2 aromatic rings. The highest BCUT2D eigenvalue weighted by molar-refractivity contribution is 7.80. The van der Waals surface area contributed by atoms with E-state index in [0.29, 0.717) is 16.3 Å². The normalized spacial score (nSPS) is 10.2. The summed E-state index contributed by atoms with van der Waals surface area (Å²) >= 11 is 9.74. The molecule has 0 aliphatic heterocycles. The van der Waals surface area contributed by atoms with Gasteiger partial charge in [0.1, 0.15) is 5.82 Å². The molecule has 1 amide bonds. The SMILES string of the molecule is O=C(Nc1cccc(Cl)c1)c1ccc(F)c(S)c1. The van der Waals surface area contributed by atoms with Crippen molar-refractivity contribution < 1.29 is 9.18 Å². The van der Waals surface area contributed by atoms with Gasteiger partial charge < -0.3 is 5.32 Å². The van der Waals surface area contributed by atoms with Crippen LogP contribution < -0.4 is 5.32 Å². The van der Waals surface area contributed by atoms with Crippen LogP contribution in [-0.4, -0.2) is 5.91 Å². The molecule has 1 N–H and O–H groups in total. The van der Waals surface area contributed by atoms with Crippen LogP contribution in [0.15, 0.2) is 47.4 Å². The molecule has 0 aromatic heterocycles. The Hall–Kier alpha value is -1.52. The molecule has 0 aliphatic carbocycles. The summed E-state index contributed by atoms with van der Waals surface area (Å²) in [5, 5.41) is 3.20. The fourth-order valence-electron chi connectivity index (χ4n) is 1.42. The summed E-state index contributed by atoms with van der Waals surface area (Å²) in [6.45, 7) is 0. The lowest BCUT2D eigenvalue weighted by Crippen LogP contribution is -2.11. The summed E-state index contributed by atoms with van der Waals surface area (Å²) in [4.78, 5) is 12.0. The number of benzene rings is 2. The van der Waals surface area contributed by atoms with Crippen molar-refractivity contribution in [1.29, 1.82) is 0 Å². The van der Waals surface area contributed by atoms with E-state index in [1.54, 1.807) is 24.3 Å². The van der Waals surface area contributed by atoms with E-state index >= 15 is 0 Å². The van der Waals surface area contributed by atoms with Crippen LogP contribution in [0, 0.1) is 5.82 Å². The molecule has 0 radical (unpaired) electrons. The van der Waals surface area contributed by atoms with Crippen molar-refractivity contribution in [3.05, 3.63) is 58.9 Å². The van der Waals surface area contributed by atoms with Gasteiger partial charge in [0.25, 0.3) is 5.91 Å². The van der Waals surface area contributed by atoms with Crippen molar-refractivity contribution in [2.75, 3.05) is 5.32 Å². The molecule has 92 valence electrons. The average Bonchev–Trinajstić information content (AvgIpc) is 2.32. The van der Waals surface area contributed by atoms with E-state index in [4.69, 9.17) is 11.6 Å². The summed E-state index contributed by atoms with van der Waals surface area (Å²) in [6, 6.07) is 10.8. The first kappa shape index (κ1) is 12.9. The molecule has 0 saturated heterocycles. The van der Waals surface area contributed by atoms with E-state index < -0.39 is 5.82 Å². The number of carbonyl (C=O) groups excluding carboxylic acids is 1. The van der Waals surface area contributed by atoms with Gasteiger partial charge in [-0.05, 0) is 36.4 Å². The van der Waals surface area contributed by atoms with E-state index in [9.17, 15) is 9.18 Å². The first-order valence-electron chi connectivity index (χ1n) is 5.12. The number of halogens is 2. The maximum Gasteiger partial charge on any atom is 0.255 e. The number of nitrogens with one attached hydrogen (secondary N) is 1. The first-order valence-corrected chi connectivity index (χ1v) is 5.94. The van der Waals surface area contributed by atoms with Crippen LogP contribution in [0.25, 0.3) is 0 Å². The van der Waals surface area contributed by atoms with E-state index in [1.807, 2.05) is 0 Å². The Morgan fingerprint density at radius 2 is 2.00 bits per heavy atom. The van der Waals surface area contributed by atoms with Crippen LogP contribution in [0.5, 0.6) is 0 Å². The Balaban J connectivity index is 2.19. The minimum Gasteiger partial charge on any atom is -0.322 e. The Bertz CT molecular complexity index is 603. The molecular formula is C13H9ClFNOS. The number of carbonyl (C=O) groups is 1. The zero-order valence-corrected chi connectivity index (χ0v) is 10.8. The molecule has 0 unspecified atom stereocenters. The monoisotopic (exact) mass is 281 g/mol. The van der Waals surface area contributed by atoms with E-state index in [2.05, 4.69) is 17.9 Å². The van der Waals surface area contributed by atoms with Crippen molar-refractivity contribution in [2.24, 2.45) is 0 Å². The topological polar surface area (TPSA) is 29.1 Å². The van der Waals surface area contributed by atoms with Crippen LogP contribution in [0.2, 0.25) is 5.02 Å². The maximum atomic E-state index is 13.0. The predicted molar refractivity (Wildman–Crippen MR) is 73.1 cm³/mol. The second-order valence-corrected chi connectivity index (χ2v) is 4.55. The minimum atomic E-state index is -0.461. The standard InChI is InChI=1S/C13H9ClFNOS/c14-9-2-1-3-10(7-9)16-13(17)8-4-5-11(15)12(18)6-8/h1-7,18H,(H,16,17). The van der Waals surface area contributed by atoms with Gasteiger partial charge in [-0.1, -0.05) is 17.7 Å².